The van der Waals surface area contributed by atoms with E-state index >= 15 is 0 Å². The second-order valence-electron chi connectivity index (χ2n) is 3.32. The smallest absolute Gasteiger partial charge is 0.0379 e. The summed E-state index contributed by atoms with van der Waals surface area (Å²) in [7, 11) is 0.509. The van der Waals surface area contributed by atoms with Crippen LogP contribution in [0.3, 0.4) is 0 Å². The van der Waals surface area contributed by atoms with Crippen LogP contribution in [0.25, 0.3) is 10.4 Å². The molecule has 4 nitrogen and oxygen atoms in total. The molecule has 0 unspecified atom stereocenters. The van der Waals surface area contributed by atoms with E-state index in [-0.39, 0.29) is 9.52 Å². The highest BCUT2D eigenvalue weighted by Crippen LogP contribution is 1.88. The molecule has 0 fully saturated rings. The second kappa shape index (κ2) is 19.1. The van der Waals surface area contributed by atoms with E-state index in [1.807, 2.05) is 0 Å². The predicted octanol–water partition coefficient (Wildman–Crippen LogP) is 2.03. The van der Waals surface area contributed by atoms with Crippen molar-refractivity contribution in [3.05, 3.63) is 10.4 Å². The summed E-state index contributed by atoms with van der Waals surface area (Å²) < 4.78 is 0. The summed E-state index contributed by atoms with van der Waals surface area (Å²) in [6.07, 6.45) is 2.36. The van der Waals surface area contributed by atoms with Gasteiger partial charge in [0.1, 0.15) is 0 Å². The first-order chi connectivity index (χ1) is 7.33. The third-order valence-electron chi connectivity index (χ3n) is 1.84. The quantitative estimate of drug-likeness (QED) is 0.157. The topological polar surface area (TPSA) is 61.1 Å². The highest BCUT2D eigenvalue weighted by molar-refractivity contribution is 6.33. The van der Waals surface area contributed by atoms with Crippen LogP contribution in [0.2, 0.25) is 25.2 Å². The molecule has 0 aromatic heterocycles. The molecule has 0 aliphatic carbocycles. The fraction of sp³-hybridized carbons (Fsp3) is 0.889. The lowest BCUT2D eigenvalue weighted by Gasteiger charge is -1.87. The van der Waals surface area contributed by atoms with Gasteiger partial charge in [-0.2, -0.15) is 0 Å². The monoisotopic (exact) mass is 244 g/mol. The number of aliphatic imine (C=N–C) groups is 1. The lowest BCUT2D eigenvalue weighted by atomic mass is 10.5. The minimum atomic E-state index is 0.203. The number of nitrogens with zero attached hydrogens (tertiary/aromatic N) is 4. The molecule has 0 aliphatic rings. The standard InChI is InChI=1S/C5H13NSi.C4H11N3Si/c1-6-4-3-5-7-2;1-8-4-2-3-6-7-5/h1,3-5,7H2,2H3;2-4,8H2,1H3. The molecule has 0 aliphatic heterocycles. The predicted molar refractivity (Wildman–Crippen MR) is 76.1 cm³/mol. The van der Waals surface area contributed by atoms with Gasteiger partial charge in [0, 0.05) is 37.0 Å². The van der Waals surface area contributed by atoms with E-state index in [9.17, 15) is 0 Å². The van der Waals surface area contributed by atoms with Crippen molar-refractivity contribution in [2.75, 3.05) is 13.1 Å². The number of hydrogen-bond donors (Lipinski definition) is 0. The number of azide groups is 1. The first-order valence-corrected chi connectivity index (χ1v) is 10.6. The third kappa shape index (κ3) is 24.7. The van der Waals surface area contributed by atoms with Crippen molar-refractivity contribution >= 4 is 25.8 Å². The van der Waals surface area contributed by atoms with Crippen molar-refractivity contribution in [3.8, 4) is 0 Å². The number of hydrogen-bond acceptors (Lipinski definition) is 2. The molecule has 88 valence electrons. The van der Waals surface area contributed by atoms with Crippen LogP contribution in [-0.4, -0.2) is 38.8 Å². The summed E-state index contributed by atoms with van der Waals surface area (Å²) in [5, 5.41) is 3.41. The zero-order valence-corrected chi connectivity index (χ0v) is 13.0. The van der Waals surface area contributed by atoms with Crippen molar-refractivity contribution in [1.29, 1.82) is 0 Å². The Morgan fingerprint density at radius 3 is 2.07 bits per heavy atom. The van der Waals surface area contributed by atoms with Crippen LogP contribution in [-0.2, 0) is 0 Å². The van der Waals surface area contributed by atoms with E-state index in [1.165, 1.54) is 18.5 Å². The highest BCUT2D eigenvalue weighted by atomic mass is 28.2. The molecule has 15 heavy (non-hydrogen) atoms. The Morgan fingerprint density at radius 1 is 1.13 bits per heavy atom. The molecule has 0 amide bonds. The molecule has 0 radical (unpaired) electrons. The highest BCUT2D eigenvalue weighted by Gasteiger charge is 1.80. The molecule has 0 bridgehead atoms. The molecule has 0 heterocycles. The van der Waals surface area contributed by atoms with Crippen molar-refractivity contribution in [3.63, 3.8) is 0 Å². The van der Waals surface area contributed by atoms with Gasteiger partial charge < -0.3 is 4.99 Å². The lowest BCUT2D eigenvalue weighted by molar-refractivity contribution is 0.916. The van der Waals surface area contributed by atoms with Gasteiger partial charge in [0.25, 0.3) is 0 Å². The zero-order valence-electron chi connectivity index (χ0n) is 10.2. The molecule has 6 heteroatoms. The number of rotatable bonds is 8. The Morgan fingerprint density at radius 2 is 1.67 bits per heavy atom. The Kier molecular flexibility index (Phi) is 21.4. The van der Waals surface area contributed by atoms with Crippen LogP contribution in [0.15, 0.2) is 10.1 Å². The molecule has 0 aromatic carbocycles. The molecule has 0 saturated carbocycles. The van der Waals surface area contributed by atoms with Gasteiger partial charge in [0.2, 0.25) is 0 Å². The van der Waals surface area contributed by atoms with Gasteiger partial charge in [-0.3, -0.25) is 0 Å². The molecule has 0 N–H and O–H groups in total. The van der Waals surface area contributed by atoms with Crippen molar-refractivity contribution in [1.82, 2.24) is 0 Å². The van der Waals surface area contributed by atoms with Crippen molar-refractivity contribution in [2.45, 2.75) is 38.0 Å². The third-order valence-corrected chi connectivity index (χ3v) is 4.26. The minimum Gasteiger partial charge on any atom is -0.301 e. The summed E-state index contributed by atoms with van der Waals surface area (Å²) in [6.45, 7) is 9.65. The Bertz CT molecular complexity index is 169. The molecule has 0 rings (SSSR count). The molecule has 0 aromatic rings. The van der Waals surface area contributed by atoms with E-state index in [1.54, 1.807) is 0 Å². The summed E-state index contributed by atoms with van der Waals surface area (Å²) >= 11 is 0. The van der Waals surface area contributed by atoms with E-state index in [4.69, 9.17) is 5.53 Å². The van der Waals surface area contributed by atoms with Gasteiger partial charge in [0.15, 0.2) is 0 Å². The lowest BCUT2D eigenvalue weighted by Crippen LogP contribution is -1.83. The van der Waals surface area contributed by atoms with E-state index < -0.39 is 0 Å². The zero-order chi connectivity index (χ0) is 11.8. The average Bonchev–Trinajstić information content (AvgIpc) is 2.26. The Hall–Kier alpha value is -0.586. The average molecular weight is 244 g/mol. The maximum Gasteiger partial charge on any atom is 0.0379 e. The summed E-state index contributed by atoms with van der Waals surface area (Å²) in [5.74, 6) is 0. The van der Waals surface area contributed by atoms with Gasteiger partial charge >= 0.3 is 0 Å². The van der Waals surface area contributed by atoms with Crippen LogP contribution in [0.5, 0.6) is 0 Å². The van der Waals surface area contributed by atoms with Crippen molar-refractivity contribution in [2.24, 2.45) is 10.1 Å². The van der Waals surface area contributed by atoms with Gasteiger partial charge in [-0.15, -0.1) is 0 Å². The van der Waals surface area contributed by atoms with E-state index in [0.717, 1.165) is 13.0 Å². The van der Waals surface area contributed by atoms with Crippen LogP contribution >= 0.6 is 0 Å². The second-order valence-corrected chi connectivity index (χ2v) is 6.73. The first-order valence-electron chi connectivity index (χ1n) is 5.76. The van der Waals surface area contributed by atoms with Crippen LogP contribution < -0.4 is 0 Å². The molecular formula is C9H24N4Si2. The fourth-order valence-corrected chi connectivity index (χ4v) is 2.40. The van der Waals surface area contributed by atoms with Crippen molar-refractivity contribution < 1.29 is 0 Å². The fourth-order valence-electron chi connectivity index (χ4n) is 0.951. The maximum atomic E-state index is 7.84. The van der Waals surface area contributed by atoms with E-state index in [0.29, 0.717) is 16.1 Å². The van der Waals surface area contributed by atoms with Crippen LogP contribution in [0, 0.1) is 0 Å². The maximum absolute atomic E-state index is 7.84. The van der Waals surface area contributed by atoms with Crippen LogP contribution in [0.1, 0.15) is 12.8 Å². The SMILES string of the molecule is C=NCCC[SiH2]C.C[SiH2]CCCN=[N+]=[N-]. The Balaban J connectivity index is 0. The normalized spacial score (nSPS) is 10.0. The summed E-state index contributed by atoms with van der Waals surface area (Å²) in [4.78, 5) is 6.39. The largest absolute Gasteiger partial charge is 0.301 e. The summed E-state index contributed by atoms with van der Waals surface area (Å²) in [6, 6.07) is 2.73. The Labute approximate surface area is 97.8 Å². The van der Waals surface area contributed by atoms with Gasteiger partial charge in [0.05, 0.1) is 0 Å². The summed E-state index contributed by atoms with van der Waals surface area (Å²) in [5.41, 5.74) is 7.84. The van der Waals surface area contributed by atoms with Crippen LogP contribution in [0.4, 0.5) is 0 Å². The molecular weight excluding hydrogens is 220 g/mol. The molecule has 0 atom stereocenters. The molecule has 0 spiro atoms. The van der Waals surface area contributed by atoms with Gasteiger partial charge in [-0.05, 0) is 18.7 Å². The first kappa shape index (κ1) is 16.8. The molecule has 0 saturated heterocycles. The van der Waals surface area contributed by atoms with Gasteiger partial charge in [-0.1, -0.05) is 36.7 Å². The van der Waals surface area contributed by atoms with E-state index in [2.05, 4.69) is 34.8 Å². The van der Waals surface area contributed by atoms with Gasteiger partial charge in [-0.25, -0.2) is 0 Å². The minimum absolute atomic E-state index is 0.203.